The Morgan fingerprint density at radius 2 is 1.75 bits per heavy atom. The van der Waals surface area contributed by atoms with Crippen molar-refractivity contribution in [2.45, 2.75) is 13.0 Å². The molecule has 2 heterocycles. The predicted molar refractivity (Wildman–Crippen MR) is 47.9 cm³/mol. The van der Waals surface area contributed by atoms with Crippen molar-refractivity contribution in [1.82, 2.24) is 9.80 Å². The third kappa shape index (κ3) is 2.31. The molecule has 0 aromatic heterocycles. The first-order chi connectivity index (χ1) is 5.27. The third-order valence-corrected chi connectivity index (χ3v) is 2.57. The summed E-state index contributed by atoms with van der Waals surface area (Å²) in [7, 11) is 6.11. The molecule has 0 unspecified atom stereocenters. The van der Waals surface area contributed by atoms with Gasteiger partial charge in [-0.15, -0.1) is 0 Å². The fourth-order valence-electron chi connectivity index (χ4n) is 1.99. The van der Waals surface area contributed by atoms with Gasteiger partial charge in [-0.1, -0.05) is 0 Å². The maximum atomic E-state index is 3.92. The summed E-state index contributed by atoms with van der Waals surface area (Å²) in [5.74, 6) is 0.937. The van der Waals surface area contributed by atoms with E-state index in [0.717, 1.165) is 12.0 Å². The average Bonchev–Trinajstić information content (AvgIpc) is 2.31. The van der Waals surface area contributed by atoms with Crippen molar-refractivity contribution in [2.75, 3.05) is 26.7 Å². The first-order valence-electron chi connectivity index (χ1n) is 4.24. The fourth-order valence-corrected chi connectivity index (χ4v) is 1.99. The van der Waals surface area contributed by atoms with Crippen molar-refractivity contribution in [2.24, 2.45) is 5.92 Å². The molecule has 12 heavy (non-hydrogen) atoms. The molecule has 2 aliphatic rings. The summed E-state index contributed by atoms with van der Waals surface area (Å²) in [5, 5.41) is 0. The van der Waals surface area contributed by atoms with E-state index in [1.165, 1.54) is 19.6 Å². The molecule has 0 amide bonds. The van der Waals surface area contributed by atoms with Gasteiger partial charge in [-0.25, -0.2) is 0 Å². The Morgan fingerprint density at radius 1 is 1.17 bits per heavy atom. The molecule has 0 N–H and O–H groups in total. The van der Waals surface area contributed by atoms with E-state index in [0.29, 0.717) is 0 Å². The molecule has 2 saturated heterocycles. The average molecular weight is 338 g/mol. The van der Waals surface area contributed by atoms with Crippen LogP contribution in [0.1, 0.15) is 6.92 Å². The topological polar surface area (TPSA) is 6.48 Å². The van der Waals surface area contributed by atoms with E-state index in [-0.39, 0.29) is 21.1 Å². The molecule has 2 aliphatic heterocycles. The van der Waals surface area contributed by atoms with Crippen molar-refractivity contribution < 1.29 is 21.1 Å². The summed E-state index contributed by atoms with van der Waals surface area (Å²) in [6.45, 7) is 8.69. The number of hydrogen-bond donors (Lipinski definition) is 0. The van der Waals surface area contributed by atoms with Gasteiger partial charge in [-0.3, -0.25) is 7.05 Å². The zero-order chi connectivity index (χ0) is 8.43. The van der Waals surface area contributed by atoms with Crippen molar-refractivity contribution in [3.63, 3.8) is 0 Å². The molecule has 2 fully saturated rings. The molecule has 2 atom stereocenters. The number of nitrogens with zero attached hydrogens (tertiary/aromatic N) is 2. The van der Waals surface area contributed by atoms with E-state index in [2.05, 4.69) is 30.8 Å². The maximum Gasteiger partial charge on any atom is 2.00 e. The maximum absolute atomic E-state index is 3.92. The van der Waals surface area contributed by atoms with Crippen LogP contribution in [0.25, 0.3) is 0 Å². The molecule has 0 aromatic carbocycles. The van der Waals surface area contributed by atoms with Crippen LogP contribution in [-0.4, -0.2) is 42.5 Å². The van der Waals surface area contributed by atoms with Gasteiger partial charge in [-0.2, -0.15) is 6.92 Å². The van der Waals surface area contributed by atoms with Gasteiger partial charge < -0.3 is 16.7 Å². The molecule has 0 spiro atoms. The Hall–Kier alpha value is 0.608. The Bertz CT molecular complexity index is 130. The summed E-state index contributed by atoms with van der Waals surface area (Å²) in [6, 6.07) is 0.836. The quantitative estimate of drug-likeness (QED) is 0.605. The fraction of sp³-hybridized carbons (Fsp3) is 0.778. The number of hydrogen-bond acceptors (Lipinski definition) is 2. The minimum Gasteiger partial charge on any atom is -0.458 e. The number of rotatable bonds is 0. The van der Waals surface area contributed by atoms with Crippen molar-refractivity contribution in [3.8, 4) is 0 Å². The smallest absolute Gasteiger partial charge is 0.458 e. The van der Waals surface area contributed by atoms with E-state index in [1.54, 1.807) is 6.92 Å². The van der Waals surface area contributed by atoms with Crippen LogP contribution in [0.4, 0.5) is 0 Å². The van der Waals surface area contributed by atoms with Crippen LogP contribution >= 0.6 is 0 Å². The van der Waals surface area contributed by atoms with E-state index in [9.17, 15) is 0 Å². The van der Waals surface area contributed by atoms with Crippen molar-refractivity contribution >= 4 is 0 Å². The number of likely N-dealkylation sites (tertiary alicyclic amines) is 2. The number of fused-ring (bicyclic) bond motifs is 1. The summed E-state index contributed by atoms with van der Waals surface area (Å²) in [5.41, 5.74) is 0. The predicted octanol–water partition coefficient (Wildman–Crippen LogP) is 0.862. The van der Waals surface area contributed by atoms with Crippen molar-refractivity contribution in [1.29, 1.82) is 0 Å². The van der Waals surface area contributed by atoms with Crippen LogP contribution in [0.2, 0.25) is 0 Å². The van der Waals surface area contributed by atoms with Crippen LogP contribution in [0.5, 0.6) is 0 Å². The van der Waals surface area contributed by atoms with Gasteiger partial charge in [0, 0.05) is 12.6 Å². The number of likely N-dealkylation sites (N-methyl/N-ethyl adjacent to an activating group) is 1. The van der Waals surface area contributed by atoms with Gasteiger partial charge in [0.25, 0.3) is 0 Å². The summed E-state index contributed by atoms with van der Waals surface area (Å²) < 4.78 is 0. The molecule has 0 radical (unpaired) electrons. The normalized spacial score (nSPS) is 34.0. The minimum absolute atomic E-state index is 0. The standard InChI is InChI=1S/C7H13N2.C2H5.W/c1-8-3-6-4-9(2)7(6)5-8;1-2;/h6-7H,1,3-5H2,2H3;1H2,2H3;/q2*-1;+2/t6-,7-;;/m1../s1. The first-order valence-corrected chi connectivity index (χ1v) is 4.24. The van der Waals surface area contributed by atoms with Crippen LogP contribution in [0.3, 0.4) is 0 Å². The monoisotopic (exact) mass is 338 g/mol. The molecular formula is C9H18N2W. The van der Waals surface area contributed by atoms with E-state index in [1.807, 2.05) is 0 Å². The molecular weight excluding hydrogens is 320 g/mol. The van der Waals surface area contributed by atoms with Gasteiger partial charge >= 0.3 is 21.1 Å². The Labute approximate surface area is 90.6 Å². The third-order valence-electron chi connectivity index (χ3n) is 2.57. The van der Waals surface area contributed by atoms with Crippen molar-refractivity contribution in [3.05, 3.63) is 14.0 Å². The second kappa shape index (κ2) is 5.36. The summed E-state index contributed by atoms with van der Waals surface area (Å²) in [4.78, 5) is 4.59. The molecule has 70 valence electrons. The van der Waals surface area contributed by atoms with Gasteiger partial charge in [0.15, 0.2) is 0 Å². The summed E-state index contributed by atoms with van der Waals surface area (Å²) in [6.07, 6.45) is 0. The first kappa shape index (κ1) is 12.6. The van der Waals surface area contributed by atoms with E-state index in [4.69, 9.17) is 0 Å². The SMILES string of the molecule is [CH2-]C.[CH2-]N1C[C@@H]2CN(C)[C@@H]2C1.[W+2]. The largest absolute Gasteiger partial charge is 2.00 e. The van der Waals surface area contributed by atoms with E-state index < -0.39 is 0 Å². The van der Waals surface area contributed by atoms with Gasteiger partial charge in [0.1, 0.15) is 0 Å². The zero-order valence-corrected chi connectivity index (χ0v) is 10.9. The molecule has 0 saturated carbocycles. The minimum atomic E-state index is 0. The van der Waals surface area contributed by atoms with E-state index >= 15 is 0 Å². The van der Waals surface area contributed by atoms with Crippen LogP contribution in [0, 0.1) is 19.9 Å². The van der Waals surface area contributed by atoms with Gasteiger partial charge in [0.05, 0.1) is 0 Å². The molecule has 0 aliphatic carbocycles. The molecule has 0 aromatic rings. The Morgan fingerprint density at radius 3 is 2.08 bits per heavy atom. The Balaban J connectivity index is 0.000000378. The zero-order valence-electron chi connectivity index (χ0n) is 7.99. The molecule has 2 rings (SSSR count). The molecule has 2 nitrogen and oxygen atoms in total. The van der Waals surface area contributed by atoms with Gasteiger partial charge in [-0.05, 0) is 26.1 Å². The van der Waals surface area contributed by atoms with Gasteiger partial charge in [0.2, 0.25) is 0 Å². The second-order valence-corrected chi connectivity index (χ2v) is 3.30. The summed E-state index contributed by atoms with van der Waals surface area (Å²) >= 11 is 0. The molecule has 0 bridgehead atoms. The Kier molecular flexibility index (Phi) is 5.63. The molecule has 3 heteroatoms. The van der Waals surface area contributed by atoms with Crippen LogP contribution in [0.15, 0.2) is 0 Å². The van der Waals surface area contributed by atoms with Crippen LogP contribution in [-0.2, 0) is 21.1 Å². The second-order valence-electron chi connectivity index (χ2n) is 3.30. The van der Waals surface area contributed by atoms with Crippen LogP contribution < -0.4 is 0 Å².